The molecule has 2 aromatic rings. The maximum absolute atomic E-state index is 12.9. The van der Waals surface area contributed by atoms with E-state index in [4.69, 9.17) is 0 Å². The van der Waals surface area contributed by atoms with Gasteiger partial charge in [0.25, 0.3) is 5.91 Å². The van der Waals surface area contributed by atoms with E-state index in [1.54, 1.807) is 4.68 Å². The minimum Gasteiger partial charge on any atom is -0.337 e. The Morgan fingerprint density at radius 3 is 2.92 bits per heavy atom. The molecule has 1 aliphatic heterocycles. The van der Waals surface area contributed by atoms with Crippen LogP contribution in [0, 0.1) is 5.92 Å². The predicted octanol–water partition coefficient (Wildman–Crippen LogP) is 1.30. The van der Waals surface area contributed by atoms with E-state index in [1.807, 2.05) is 18.0 Å². The van der Waals surface area contributed by atoms with Gasteiger partial charge in [0.05, 0.1) is 5.69 Å². The minimum atomic E-state index is 0.0878. The molecule has 1 N–H and O–H groups in total. The molecule has 1 saturated carbocycles. The molecule has 1 saturated heterocycles. The summed E-state index contributed by atoms with van der Waals surface area (Å²) in [4.78, 5) is 14.8. The van der Waals surface area contributed by atoms with Crippen molar-refractivity contribution in [1.29, 1.82) is 0 Å². The van der Waals surface area contributed by atoms with Crippen LogP contribution in [0.5, 0.6) is 0 Å². The van der Waals surface area contributed by atoms with E-state index >= 15 is 0 Å². The Labute approximate surface area is 140 Å². The molecule has 2 aliphatic rings. The van der Waals surface area contributed by atoms with Crippen LogP contribution in [0.1, 0.15) is 60.0 Å². The van der Waals surface area contributed by atoms with Crippen molar-refractivity contribution in [2.45, 2.75) is 44.4 Å². The van der Waals surface area contributed by atoms with Crippen molar-refractivity contribution in [3.8, 4) is 0 Å². The first-order valence-electron chi connectivity index (χ1n) is 8.76. The minimum absolute atomic E-state index is 0.0878. The van der Waals surface area contributed by atoms with E-state index in [9.17, 15) is 4.79 Å². The quantitative estimate of drug-likeness (QED) is 0.912. The van der Waals surface area contributed by atoms with Crippen LogP contribution < -0.4 is 0 Å². The van der Waals surface area contributed by atoms with E-state index in [0.717, 1.165) is 37.4 Å². The number of carbonyl (C=O) groups excluding carboxylic acids is 1. The van der Waals surface area contributed by atoms with Crippen molar-refractivity contribution < 1.29 is 4.79 Å². The Kier molecular flexibility index (Phi) is 4.03. The zero-order valence-corrected chi connectivity index (χ0v) is 14.0. The van der Waals surface area contributed by atoms with Crippen LogP contribution in [0.4, 0.5) is 0 Å². The van der Waals surface area contributed by atoms with Gasteiger partial charge in [-0.15, -0.1) is 10.2 Å². The van der Waals surface area contributed by atoms with Gasteiger partial charge < -0.3 is 4.90 Å². The lowest BCUT2D eigenvalue weighted by atomic mass is 10.0. The molecule has 0 aromatic carbocycles. The normalized spacial score (nSPS) is 21.7. The van der Waals surface area contributed by atoms with Gasteiger partial charge in [0.1, 0.15) is 5.69 Å². The number of H-pyrrole nitrogens is 1. The van der Waals surface area contributed by atoms with Crippen LogP contribution in [0.3, 0.4) is 0 Å². The molecule has 4 rings (SSSR count). The van der Waals surface area contributed by atoms with Crippen molar-refractivity contribution >= 4 is 5.91 Å². The summed E-state index contributed by atoms with van der Waals surface area (Å²) >= 11 is 0. The number of likely N-dealkylation sites (tertiary alicyclic amines) is 1. The molecule has 1 amide bonds. The lowest BCUT2D eigenvalue weighted by molar-refractivity contribution is 0.0776. The van der Waals surface area contributed by atoms with Crippen LogP contribution >= 0.6 is 0 Å². The molecule has 0 radical (unpaired) electrons. The predicted molar refractivity (Wildman–Crippen MR) is 86.3 cm³/mol. The first kappa shape index (κ1) is 15.3. The summed E-state index contributed by atoms with van der Waals surface area (Å²) < 4.78 is 1.75. The fourth-order valence-corrected chi connectivity index (χ4v) is 3.98. The Hall–Kier alpha value is -2.25. The Bertz CT molecular complexity index is 702. The largest absolute Gasteiger partial charge is 0.337 e. The van der Waals surface area contributed by atoms with Crippen molar-refractivity contribution in [3.05, 3.63) is 23.3 Å². The van der Waals surface area contributed by atoms with E-state index in [-0.39, 0.29) is 5.91 Å². The van der Waals surface area contributed by atoms with E-state index in [1.165, 1.54) is 25.7 Å². The summed E-state index contributed by atoms with van der Waals surface area (Å²) in [6, 6.07) is 2.00. The highest BCUT2D eigenvalue weighted by Gasteiger charge is 2.30. The van der Waals surface area contributed by atoms with Crippen LogP contribution in [-0.4, -0.2) is 54.3 Å². The zero-order valence-electron chi connectivity index (χ0n) is 14.0. The number of nitrogens with zero attached hydrogens (tertiary/aromatic N) is 6. The summed E-state index contributed by atoms with van der Waals surface area (Å²) in [5, 5.41) is 18.7. The molecule has 8 nitrogen and oxygen atoms in total. The number of rotatable bonds is 4. The van der Waals surface area contributed by atoms with Gasteiger partial charge in [0, 0.05) is 32.5 Å². The third kappa shape index (κ3) is 2.92. The monoisotopic (exact) mass is 329 g/mol. The van der Waals surface area contributed by atoms with Gasteiger partial charge >= 0.3 is 0 Å². The van der Waals surface area contributed by atoms with Crippen molar-refractivity contribution in [3.63, 3.8) is 0 Å². The summed E-state index contributed by atoms with van der Waals surface area (Å²) in [7, 11) is 1.87. The molecular weight excluding hydrogens is 306 g/mol. The number of aromatic amines is 1. The fourth-order valence-electron chi connectivity index (χ4n) is 3.98. The van der Waals surface area contributed by atoms with Gasteiger partial charge in [-0.05, 0) is 31.2 Å². The number of carbonyl (C=O) groups is 1. The third-order valence-electron chi connectivity index (χ3n) is 5.32. The van der Waals surface area contributed by atoms with Gasteiger partial charge in [-0.1, -0.05) is 18.1 Å². The number of tetrazole rings is 1. The first-order valence-corrected chi connectivity index (χ1v) is 8.76. The molecule has 2 fully saturated rings. The number of nitrogens with one attached hydrogen (secondary N) is 1. The molecule has 0 spiro atoms. The maximum atomic E-state index is 12.9. The molecule has 0 bridgehead atoms. The molecule has 8 heteroatoms. The summed E-state index contributed by atoms with van der Waals surface area (Å²) in [6.07, 6.45) is 6.68. The molecular formula is C16H23N7O. The summed E-state index contributed by atoms with van der Waals surface area (Å²) in [6.45, 7) is 1.53. The first-order chi connectivity index (χ1) is 11.7. The van der Waals surface area contributed by atoms with Gasteiger partial charge in [0.15, 0.2) is 5.82 Å². The van der Waals surface area contributed by atoms with Crippen LogP contribution in [-0.2, 0) is 13.5 Å². The molecule has 2 aromatic heterocycles. The lowest BCUT2D eigenvalue weighted by Crippen LogP contribution is -2.30. The van der Waals surface area contributed by atoms with E-state index < -0.39 is 0 Å². The summed E-state index contributed by atoms with van der Waals surface area (Å²) in [5.74, 6) is 1.74. The Balaban J connectivity index is 1.42. The Morgan fingerprint density at radius 1 is 1.33 bits per heavy atom. The second-order valence-corrected chi connectivity index (χ2v) is 7.00. The highest BCUT2D eigenvalue weighted by molar-refractivity contribution is 5.93. The topological polar surface area (TPSA) is 92.6 Å². The van der Waals surface area contributed by atoms with Gasteiger partial charge in [-0.3, -0.25) is 9.48 Å². The number of hydrogen-bond donors (Lipinski definition) is 1. The lowest BCUT2D eigenvalue weighted by Gasteiger charge is -2.16. The van der Waals surface area contributed by atoms with E-state index in [2.05, 4.69) is 25.7 Å². The molecule has 24 heavy (non-hydrogen) atoms. The zero-order chi connectivity index (χ0) is 16.5. The van der Waals surface area contributed by atoms with Crippen molar-refractivity contribution in [2.75, 3.05) is 13.1 Å². The number of amides is 1. The van der Waals surface area contributed by atoms with Gasteiger partial charge in [-0.25, -0.2) is 0 Å². The Morgan fingerprint density at radius 2 is 2.17 bits per heavy atom. The van der Waals surface area contributed by atoms with Crippen molar-refractivity contribution in [1.82, 2.24) is 35.3 Å². The number of aromatic nitrogens is 6. The third-order valence-corrected chi connectivity index (χ3v) is 5.32. The molecule has 1 aliphatic carbocycles. The van der Waals surface area contributed by atoms with E-state index in [0.29, 0.717) is 17.5 Å². The SMILES string of the molecule is Cn1nc(C2CCCC2)cc1C(=O)N1CCC(Cc2nn[nH]n2)C1. The molecule has 128 valence electrons. The van der Waals surface area contributed by atoms with Gasteiger partial charge in [-0.2, -0.15) is 10.3 Å². The average Bonchev–Trinajstić information content (AvgIpc) is 3.35. The number of aryl methyl sites for hydroxylation is 1. The maximum Gasteiger partial charge on any atom is 0.272 e. The molecule has 1 unspecified atom stereocenters. The number of hydrogen-bond acceptors (Lipinski definition) is 5. The second-order valence-electron chi connectivity index (χ2n) is 7.00. The van der Waals surface area contributed by atoms with Crippen LogP contribution in [0.2, 0.25) is 0 Å². The second kappa shape index (κ2) is 6.33. The smallest absolute Gasteiger partial charge is 0.272 e. The van der Waals surface area contributed by atoms with Gasteiger partial charge in [0.2, 0.25) is 0 Å². The summed E-state index contributed by atoms with van der Waals surface area (Å²) in [5.41, 5.74) is 1.79. The highest BCUT2D eigenvalue weighted by Crippen LogP contribution is 2.33. The highest BCUT2D eigenvalue weighted by atomic mass is 16.2. The standard InChI is InChI=1S/C16H23N7O/c1-22-14(9-13(19-22)12-4-2-3-5-12)16(24)23-7-6-11(10-23)8-15-17-20-21-18-15/h9,11-12H,2-8,10H2,1H3,(H,17,18,20,21). The average molecular weight is 329 g/mol. The molecule has 3 heterocycles. The molecule has 1 atom stereocenters. The fraction of sp³-hybridized carbons (Fsp3) is 0.688. The van der Waals surface area contributed by atoms with Crippen LogP contribution in [0.15, 0.2) is 6.07 Å². The van der Waals surface area contributed by atoms with Crippen LogP contribution in [0.25, 0.3) is 0 Å². The van der Waals surface area contributed by atoms with Crippen molar-refractivity contribution in [2.24, 2.45) is 13.0 Å².